The van der Waals surface area contributed by atoms with Crippen molar-refractivity contribution >= 4 is 18.1 Å². The highest BCUT2D eigenvalue weighted by atomic mass is 16.7. The molecule has 3 nitrogen and oxygen atoms in total. The first kappa shape index (κ1) is 23.1. The van der Waals surface area contributed by atoms with E-state index in [1.807, 2.05) is 18.2 Å². The topological polar surface area (TPSA) is 38.7 Å². The van der Waals surface area contributed by atoms with E-state index in [0.717, 1.165) is 27.5 Å². The molecule has 4 rings (SSSR count). The molecule has 4 aromatic carbocycles. The summed E-state index contributed by atoms with van der Waals surface area (Å²) in [6.07, 6.45) is 0. The predicted molar refractivity (Wildman–Crippen MR) is 139 cm³/mol. The van der Waals surface area contributed by atoms with Crippen molar-refractivity contribution < 1.29 is 14.3 Å². The summed E-state index contributed by atoms with van der Waals surface area (Å²) in [6.45, 7) is 12.8. The quantitative estimate of drug-likeness (QED) is 0.340. The van der Waals surface area contributed by atoms with Crippen LogP contribution < -0.4 is 4.65 Å². The van der Waals surface area contributed by atoms with Gasteiger partial charge in [-0.15, -0.1) is 0 Å². The molecule has 0 atom stereocenters. The van der Waals surface area contributed by atoms with Crippen LogP contribution in [0.25, 0.3) is 33.0 Å². The largest absolute Gasteiger partial charge is 0.710 e. The van der Waals surface area contributed by atoms with Crippen LogP contribution in [-0.4, -0.2) is 19.5 Å². The highest BCUT2D eigenvalue weighted by Gasteiger charge is 2.26. The molecule has 0 unspecified atom stereocenters. The Hall–Kier alpha value is -3.08. The van der Waals surface area contributed by atoms with Gasteiger partial charge in [-0.2, -0.15) is 0 Å². The Balaban J connectivity index is 2.22. The maximum Gasteiger partial charge on any atom is 0.710 e. The van der Waals surface area contributed by atoms with Crippen LogP contribution in [0, 0.1) is 41.5 Å². The first-order valence-electron chi connectivity index (χ1n) is 11.3. The zero-order valence-electron chi connectivity index (χ0n) is 20.5. The SMILES string of the molecule is COB(O)Oc1c(-c2c(C)cc(C)cc2C)c(-c2c(C)cc(C)cc2C)cc2ccccc12. The summed E-state index contributed by atoms with van der Waals surface area (Å²) in [4.78, 5) is 0. The number of rotatable bonds is 5. The average molecular weight is 438 g/mol. The summed E-state index contributed by atoms with van der Waals surface area (Å²) < 4.78 is 11.2. The van der Waals surface area contributed by atoms with Crippen LogP contribution in [0.4, 0.5) is 0 Å². The van der Waals surface area contributed by atoms with Crippen LogP contribution in [-0.2, 0) is 4.65 Å². The van der Waals surface area contributed by atoms with E-state index in [-0.39, 0.29) is 0 Å². The van der Waals surface area contributed by atoms with E-state index in [1.54, 1.807) is 0 Å². The molecule has 0 bridgehead atoms. The minimum absolute atomic E-state index is 0.631. The van der Waals surface area contributed by atoms with Crippen molar-refractivity contribution in [2.75, 3.05) is 7.11 Å². The molecule has 0 fully saturated rings. The van der Waals surface area contributed by atoms with Gasteiger partial charge in [0.2, 0.25) is 0 Å². The molecule has 4 aromatic rings. The summed E-state index contributed by atoms with van der Waals surface area (Å²) in [5.41, 5.74) is 11.6. The predicted octanol–water partition coefficient (Wildman–Crippen LogP) is 7.03. The first-order valence-corrected chi connectivity index (χ1v) is 11.3. The second-order valence-corrected chi connectivity index (χ2v) is 9.06. The van der Waals surface area contributed by atoms with Crippen LogP contribution in [0.2, 0.25) is 0 Å². The smallest absolute Gasteiger partial charge is 0.511 e. The van der Waals surface area contributed by atoms with Crippen molar-refractivity contribution in [2.24, 2.45) is 0 Å². The molecule has 0 saturated heterocycles. The molecule has 0 aliphatic heterocycles. The Morgan fingerprint density at radius 1 is 0.667 bits per heavy atom. The zero-order valence-corrected chi connectivity index (χ0v) is 20.5. The summed E-state index contributed by atoms with van der Waals surface area (Å²) in [5, 5.41) is 12.4. The van der Waals surface area contributed by atoms with E-state index in [0.29, 0.717) is 5.75 Å². The van der Waals surface area contributed by atoms with Crippen molar-refractivity contribution in [1.29, 1.82) is 0 Å². The maximum absolute atomic E-state index is 10.4. The van der Waals surface area contributed by atoms with Gasteiger partial charge in [0.25, 0.3) is 0 Å². The molecule has 0 radical (unpaired) electrons. The highest BCUT2D eigenvalue weighted by molar-refractivity contribution is 6.36. The average Bonchev–Trinajstić information content (AvgIpc) is 2.73. The lowest BCUT2D eigenvalue weighted by molar-refractivity contribution is 0.240. The number of hydrogen-bond acceptors (Lipinski definition) is 3. The molecule has 1 N–H and O–H groups in total. The third kappa shape index (κ3) is 4.29. The second-order valence-electron chi connectivity index (χ2n) is 9.06. The Labute approximate surface area is 197 Å². The fourth-order valence-electron chi connectivity index (χ4n) is 5.21. The van der Waals surface area contributed by atoms with Crippen molar-refractivity contribution in [3.8, 4) is 28.0 Å². The highest BCUT2D eigenvalue weighted by Crippen LogP contribution is 2.48. The van der Waals surface area contributed by atoms with Crippen LogP contribution in [0.5, 0.6) is 5.75 Å². The number of benzene rings is 4. The Morgan fingerprint density at radius 2 is 1.18 bits per heavy atom. The normalized spacial score (nSPS) is 11.2. The summed E-state index contributed by atoms with van der Waals surface area (Å²) >= 11 is 0. The van der Waals surface area contributed by atoms with E-state index in [2.05, 4.69) is 77.9 Å². The molecule has 0 amide bonds. The molecule has 0 aliphatic rings. The Bertz CT molecular complexity index is 1310. The van der Waals surface area contributed by atoms with Crippen molar-refractivity contribution in [2.45, 2.75) is 41.5 Å². The third-order valence-electron chi connectivity index (χ3n) is 6.30. The van der Waals surface area contributed by atoms with Gasteiger partial charge < -0.3 is 14.3 Å². The van der Waals surface area contributed by atoms with Crippen molar-refractivity contribution in [3.63, 3.8) is 0 Å². The van der Waals surface area contributed by atoms with Crippen LogP contribution >= 0.6 is 0 Å². The number of hydrogen-bond donors (Lipinski definition) is 1. The summed E-state index contributed by atoms with van der Waals surface area (Å²) in [6, 6.07) is 19.2. The van der Waals surface area contributed by atoms with E-state index in [1.165, 1.54) is 46.1 Å². The molecular weight excluding hydrogens is 407 g/mol. The lowest BCUT2D eigenvalue weighted by atomic mass is 9.83. The fourth-order valence-corrected chi connectivity index (χ4v) is 5.21. The van der Waals surface area contributed by atoms with Gasteiger partial charge >= 0.3 is 7.32 Å². The summed E-state index contributed by atoms with van der Waals surface area (Å²) in [5.74, 6) is 0.631. The number of fused-ring (bicyclic) bond motifs is 1. The minimum Gasteiger partial charge on any atom is -0.511 e. The van der Waals surface area contributed by atoms with Gasteiger partial charge in [-0.05, 0) is 91.9 Å². The zero-order chi connectivity index (χ0) is 23.9. The fraction of sp³-hybridized carbons (Fsp3) is 0.241. The van der Waals surface area contributed by atoms with Gasteiger partial charge in [0.05, 0.1) is 0 Å². The molecule has 0 aliphatic carbocycles. The van der Waals surface area contributed by atoms with E-state index in [4.69, 9.17) is 9.31 Å². The molecule has 0 aromatic heterocycles. The molecule has 168 valence electrons. The van der Waals surface area contributed by atoms with Gasteiger partial charge in [0.15, 0.2) is 0 Å². The van der Waals surface area contributed by atoms with Crippen LogP contribution in [0.15, 0.2) is 54.6 Å². The van der Waals surface area contributed by atoms with Gasteiger partial charge in [0.1, 0.15) is 5.75 Å². The molecule has 0 saturated carbocycles. The standard InChI is InChI=1S/C29H31BO3/c1-17-12-19(3)26(20(4)13-17)25-16-23-10-8-9-11-24(23)29(33-30(31)32-7)28(25)27-21(5)14-18(2)15-22(27)6/h8-16,31H,1-7H3. The third-order valence-corrected chi connectivity index (χ3v) is 6.30. The summed E-state index contributed by atoms with van der Waals surface area (Å²) in [7, 11) is 0.0706. The molecule has 4 heteroatoms. The molecule has 0 spiro atoms. The van der Waals surface area contributed by atoms with E-state index < -0.39 is 7.32 Å². The van der Waals surface area contributed by atoms with E-state index >= 15 is 0 Å². The van der Waals surface area contributed by atoms with Crippen LogP contribution in [0.3, 0.4) is 0 Å². The number of aryl methyl sites for hydroxylation is 6. The monoisotopic (exact) mass is 438 g/mol. The second kappa shape index (κ2) is 9.05. The van der Waals surface area contributed by atoms with Crippen molar-refractivity contribution in [1.82, 2.24) is 0 Å². The van der Waals surface area contributed by atoms with E-state index in [9.17, 15) is 5.02 Å². The Kier molecular flexibility index (Phi) is 6.33. The van der Waals surface area contributed by atoms with Gasteiger partial charge in [0, 0.05) is 18.1 Å². The van der Waals surface area contributed by atoms with Crippen LogP contribution in [0.1, 0.15) is 33.4 Å². The van der Waals surface area contributed by atoms with Gasteiger partial charge in [-0.3, -0.25) is 0 Å². The van der Waals surface area contributed by atoms with Gasteiger partial charge in [-0.1, -0.05) is 59.7 Å². The van der Waals surface area contributed by atoms with Gasteiger partial charge in [-0.25, -0.2) is 0 Å². The lowest BCUT2D eigenvalue weighted by Gasteiger charge is -2.24. The lowest BCUT2D eigenvalue weighted by Crippen LogP contribution is -2.24. The molecule has 33 heavy (non-hydrogen) atoms. The minimum atomic E-state index is -1.37. The first-order chi connectivity index (χ1) is 15.7. The molecular formula is C29H31BO3. The Morgan fingerprint density at radius 3 is 1.73 bits per heavy atom. The van der Waals surface area contributed by atoms with Crippen molar-refractivity contribution in [3.05, 3.63) is 88.0 Å². The molecule has 0 heterocycles. The maximum atomic E-state index is 10.4.